The van der Waals surface area contributed by atoms with E-state index in [0.717, 1.165) is 38.0 Å². The average Bonchev–Trinajstić information content (AvgIpc) is 2.28. The molecule has 2 nitrogen and oxygen atoms in total. The second kappa shape index (κ2) is 5.41. The highest BCUT2D eigenvalue weighted by molar-refractivity contribution is 5.17. The van der Waals surface area contributed by atoms with Crippen LogP contribution in [0.4, 0.5) is 4.39 Å². The Morgan fingerprint density at radius 2 is 2.19 bits per heavy atom. The largest absolute Gasteiger partial charge is 0.327 e. The van der Waals surface area contributed by atoms with Gasteiger partial charge in [0.2, 0.25) is 0 Å². The summed E-state index contributed by atoms with van der Waals surface area (Å²) in [4.78, 5) is 2.33. The molecule has 1 aromatic carbocycles. The van der Waals surface area contributed by atoms with Crippen LogP contribution in [0.3, 0.4) is 0 Å². The minimum Gasteiger partial charge on any atom is -0.327 e. The first kappa shape index (κ1) is 11.6. The van der Waals surface area contributed by atoms with Crippen molar-refractivity contribution in [3.63, 3.8) is 0 Å². The molecule has 1 atom stereocenters. The van der Waals surface area contributed by atoms with Crippen LogP contribution in [0.2, 0.25) is 0 Å². The lowest BCUT2D eigenvalue weighted by Gasteiger charge is -2.30. The number of likely N-dealkylation sites (tertiary alicyclic amines) is 1. The van der Waals surface area contributed by atoms with E-state index in [-0.39, 0.29) is 5.82 Å². The monoisotopic (exact) mass is 222 g/mol. The Hall–Kier alpha value is -0.930. The standard InChI is InChI=1S/C13H19FN2/c14-13-6-2-1-4-11(13)7-9-16-8-3-5-12(15)10-16/h1-2,4,6,12H,3,5,7-10,15H2. The number of benzene rings is 1. The van der Waals surface area contributed by atoms with Crippen LogP contribution in [0.1, 0.15) is 18.4 Å². The molecule has 0 bridgehead atoms. The number of rotatable bonds is 3. The molecule has 1 unspecified atom stereocenters. The minimum atomic E-state index is -0.0937. The van der Waals surface area contributed by atoms with Crippen molar-refractivity contribution in [2.24, 2.45) is 5.73 Å². The summed E-state index contributed by atoms with van der Waals surface area (Å²) in [6.07, 6.45) is 3.06. The fourth-order valence-corrected chi connectivity index (χ4v) is 2.27. The Balaban J connectivity index is 1.85. The van der Waals surface area contributed by atoms with E-state index < -0.39 is 0 Å². The molecular formula is C13H19FN2. The van der Waals surface area contributed by atoms with Gasteiger partial charge in [-0.05, 0) is 37.4 Å². The van der Waals surface area contributed by atoms with Crippen LogP contribution in [-0.2, 0) is 6.42 Å². The second-order valence-corrected chi connectivity index (χ2v) is 4.54. The van der Waals surface area contributed by atoms with E-state index in [1.807, 2.05) is 12.1 Å². The Bertz CT molecular complexity index is 340. The summed E-state index contributed by atoms with van der Waals surface area (Å²) in [6, 6.07) is 7.31. The summed E-state index contributed by atoms with van der Waals surface area (Å²) in [7, 11) is 0. The van der Waals surface area contributed by atoms with Crippen molar-refractivity contribution >= 4 is 0 Å². The first-order valence-electron chi connectivity index (χ1n) is 5.97. The van der Waals surface area contributed by atoms with Crippen LogP contribution < -0.4 is 5.73 Å². The van der Waals surface area contributed by atoms with Gasteiger partial charge in [-0.3, -0.25) is 0 Å². The Kier molecular flexibility index (Phi) is 3.91. The summed E-state index contributed by atoms with van der Waals surface area (Å²) in [5.74, 6) is -0.0937. The number of hydrogen-bond donors (Lipinski definition) is 1. The summed E-state index contributed by atoms with van der Waals surface area (Å²) < 4.78 is 13.4. The molecule has 1 saturated heterocycles. The molecular weight excluding hydrogens is 203 g/mol. The summed E-state index contributed by atoms with van der Waals surface area (Å²) in [5, 5.41) is 0. The summed E-state index contributed by atoms with van der Waals surface area (Å²) in [5.41, 5.74) is 6.72. The number of hydrogen-bond acceptors (Lipinski definition) is 2. The maximum Gasteiger partial charge on any atom is 0.126 e. The van der Waals surface area contributed by atoms with Crippen LogP contribution in [0.15, 0.2) is 24.3 Å². The van der Waals surface area contributed by atoms with Crippen molar-refractivity contribution in [2.45, 2.75) is 25.3 Å². The van der Waals surface area contributed by atoms with Gasteiger partial charge < -0.3 is 10.6 Å². The van der Waals surface area contributed by atoms with Crippen molar-refractivity contribution in [1.29, 1.82) is 0 Å². The van der Waals surface area contributed by atoms with Crippen molar-refractivity contribution < 1.29 is 4.39 Å². The zero-order valence-corrected chi connectivity index (χ0v) is 9.53. The fourth-order valence-electron chi connectivity index (χ4n) is 2.27. The molecule has 1 aliphatic heterocycles. The molecule has 0 amide bonds. The normalized spacial score (nSPS) is 22.2. The smallest absolute Gasteiger partial charge is 0.126 e. The lowest BCUT2D eigenvalue weighted by Crippen LogP contribution is -2.43. The van der Waals surface area contributed by atoms with E-state index in [1.54, 1.807) is 6.07 Å². The predicted molar refractivity (Wildman–Crippen MR) is 63.8 cm³/mol. The van der Waals surface area contributed by atoms with Gasteiger partial charge in [-0.1, -0.05) is 18.2 Å². The van der Waals surface area contributed by atoms with E-state index in [2.05, 4.69) is 4.90 Å². The van der Waals surface area contributed by atoms with Gasteiger partial charge in [-0.2, -0.15) is 0 Å². The molecule has 0 radical (unpaired) electrons. The topological polar surface area (TPSA) is 29.3 Å². The number of halogens is 1. The van der Waals surface area contributed by atoms with Crippen molar-refractivity contribution in [3.05, 3.63) is 35.6 Å². The van der Waals surface area contributed by atoms with Crippen LogP contribution in [0, 0.1) is 5.82 Å². The second-order valence-electron chi connectivity index (χ2n) is 4.54. The number of nitrogens with two attached hydrogens (primary N) is 1. The van der Waals surface area contributed by atoms with Gasteiger partial charge >= 0.3 is 0 Å². The zero-order chi connectivity index (χ0) is 11.4. The van der Waals surface area contributed by atoms with Crippen LogP contribution in [0.5, 0.6) is 0 Å². The van der Waals surface area contributed by atoms with E-state index in [1.165, 1.54) is 12.5 Å². The van der Waals surface area contributed by atoms with Crippen LogP contribution in [-0.4, -0.2) is 30.6 Å². The van der Waals surface area contributed by atoms with Crippen LogP contribution >= 0.6 is 0 Å². The maximum atomic E-state index is 13.4. The quantitative estimate of drug-likeness (QED) is 0.845. The zero-order valence-electron chi connectivity index (χ0n) is 9.53. The molecule has 3 heteroatoms. The highest BCUT2D eigenvalue weighted by Crippen LogP contribution is 2.11. The SMILES string of the molecule is NC1CCCN(CCc2ccccc2F)C1. The molecule has 0 spiro atoms. The molecule has 2 rings (SSSR count). The third-order valence-electron chi connectivity index (χ3n) is 3.20. The van der Waals surface area contributed by atoms with Gasteiger partial charge in [-0.25, -0.2) is 4.39 Å². The Labute approximate surface area is 96.2 Å². The van der Waals surface area contributed by atoms with Crippen LogP contribution in [0.25, 0.3) is 0 Å². The van der Waals surface area contributed by atoms with E-state index in [4.69, 9.17) is 5.73 Å². The van der Waals surface area contributed by atoms with E-state index in [9.17, 15) is 4.39 Å². The maximum absolute atomic E-state index is 13.4. The van der Waals surface area contributed by atoms with Gasteiger partial charge in [-0.15, -0.1) is 0 Å². The van der Waals surface area contributed by atoms with E-state index in [0.29, 0.717) is 6.04 Å². The van der Waals surface area contributed by atoms with Crippen molar-refractivity contribution in [1.82, 2.24) is 4.90 Å². The third kappa shape index (κ3) is 3.03. The Morgan fingerprint density at radius 1 is 1.38 bits per heavy atom. The molecule has 0 aliphatic carbocycles. The summed E-state index contributed by atoms with van der Waals surface area (Å²) in [6.45, 7) is 2.96. The van der Waals surface area contributed by atoms with Crippen molar-refractivity contribution in [3.8, 4) is 0 Å². The molecule has 1 aliphatic rings. The molecule has 1 aromatic rings. The fraction of sp³-hybridized carbons (Fsp3) is 0.538. The highest BCUT2D eigenvalue weighted by Gasteiger charge is 2.16. The van der Waals surface area contributed by atoms with E-state index >= 15 is 0 Å². The molecule has 1 heterocycles. The van der Waals surface area contributed by atoms with Gasteiger partial charge in [0.1, 0.15) is 5.82 Å². The van der Waals surface area contributed by atoms with Gasteiger partial charge in [0, 0.05) is 19.1 Å². The molecule has 16 heavy (non-hydrogen) atoms. The Morgan fingerprint density at radius 3 is 2.94 bits per heavy atom. The molecule has 1 fully saturated rings. The average molecular weight is 222 g/mol. The lowest BCUT2D eigenvalue weighted by molar-refractivity contribution is 0.211. The number of piperidine rings is 1. The lowest BCUT2D eigenvalue weighted by atomic mass is 10.1. The third-order valence-corrected chi connectivity index (χ3v) is 3.20. The molecule has 2 N–H and O–H groups in total. The van der Waals surface area contributed by atoms with Gasteiger partial charge in [0.05, 0.1) is 0 Å². The minimum absolute atomic E-state index is 0.0937. The predicted octanol–water partition coefficient (Wildman–Crippen LogP) is 1.79. The van der Waals surface area contributed by atoms with Gasteiger partial charge in [0.15, 0.2) is 0 Å². The van der Waals surface area contributed by atoms with Crippen molar-refractivity contribution in [2.75, 3.05) is 19.6 Å². The molecule has 88 valence electrons. The highest BCUT2D eigenvalue weighted by atomic mass is 19.1. The molecule has 0 aromatic heterocycles. The van der Waals surface area contributed by atoms with Gasteiger partial charge in [0.25, 0.3) is 0 Å². The summed E-state index contributed by atoms with van der Waals surface area (Å²) >= 11 is 0. The first-order valence-corrected chi connectivity index (χ1v) is 5.97. The first-order chi connectivity index (χ1) is 7.75. The molecule has 0 saturated carbocycles. The number of nitrogens with zero attached hydrogens (tertiary/aromatic N) is 1.